The summed E-state index contributed by atoms with van der Waals surface area (Å²) in [5.74, 6) is -0.377. The predicted molar refractivity (Wildman–Crippen MR) is 92.7 cm³/mol. The van der Waals surface area contributed by atoms with Crippen molar-refractivity contribution in [3.63, 3.8) is 0 Å². The van der Waals surface area contributed by atoms with Gasteiger partial charge in [0.1, 0.15) is 0 Å². The van der Waals surface area contributed by atoms with Gasteiger partial charge in [0.05, 0.1) is 0 Å². The molecule has 0 aliphatic carbocycles. The molecule has 0 saturated heterocycles. The smallest absolute Gasteiger partial charge is 0.423 e. The third-order valence-electron chi connectivity index (χ3n) is 3.43. The molecule has 24 heavy (non-hydrogen) atoms. The van der Waals surface area contributed by atoms with Gasteiger partial charge in [0.25, 0.3) is 5.91 Å². The lowest BCUT2D eigenvalue weighted by Gasteiger charge is -2.09. The first-order chi connectivity index (χ1) is 11.5. The molecule has 0 atom stereocenters. The predicted octanol–water partition coefficient (Wildman–Crippen LogP) is -0.101. The van der Waals surface area contributed by atoms with Gasteiger partial charge in [-0.2, -0.15) is 0 Å². The number of carbonyl (C=O) groups excluding carboxylic acids is 2. The Morgan fingerprint density at radius 1 is 0.958 bits per heavy atom. The zero-order valence-corrected chi connectivity index (χ0v) is 13.3. The summed E-state index contributed by atoms with van der Waals surface area (Å²) < 4.78 is 0. The van der Waals surface area contributed by atoms with Crippen LogP contribution in [0.1, 0.15) is 17.3 Å². The van der Waals surface area contributed by atoms with Gasteiger partial charge < -0.3 is 20.7 Å². The van der Waals surface area contributed by atoms with Crippen molar-refractivity contribution in [2.45, 2.75) is 6.92 Å². The molecule has 7 heteroatoms. The van der Waals surface area contributed by atoms with Crippen molar-refractivity contribution in [3.05, 3.63) is 54.1 Å². The molecule has 0 aliphatic heterocycles. The van der Waals surface area contributed by atoms with Crippen LogP contribution in [-0.2, 0) is 4.79 Å². The van der Waals surface area contributed by atoms with E-state index in [1.54, 1.807) is 36.4 Å². The first kappa shape index (κ1) is 17.7. The van der Waals surface area contributed by atoms with Crippen molar-refractivity contribution in [2.24, 2.45) is 0 Å². The highest BCUT2D eigenvalue weighted by atomic mass is 16.4. The molecule has 0 saturated carbocycles. The molecular weight excluding hydrogens is 307 g/mol. The van der Waals surface area contributed by atoms with E-state index in [-0.39, 0.29) is 11.8 Å². The van der Waals surface area contributed by atoms with Gasteiger partial charge in [-0.3, -0.25) is 9.59 Å². The van der Waals surface area contributed by atoms with Crippen molar-refractivity contribution in [2.75, 3.05) is 13.1 Å². The van der Waals surface area contributed by atoms with Gasteiger partial charge in [-0.1, -0.05) is 36.4 Å². The number of benzene rings is 2. The van der Waals surface area contributed by atoms with E-state index in [2.05, 4.69) is 10.6 Å². The third kappa shape index (κ3) is 4.94. The van der Waals surface area contributed by atoms with Crippen LogP contribution < -0.4 is 16.1 Å². The molecule has 0 bridgehead atoms. The highest BCUT2D eigenvalue weighted by molar-refractivity contribution is 6.58. The molecule has 2 aromatic rings. The molecule has 124 valence electrons. The Bertz CT molecular complexity index is 734. The fourth-order valence-corrected chi connectivity index (χ4v) is 2.24. The molecule has 0 aromatic heterocycles. The second-order valence-corrected chi connectivity index (χ2v) is 5.32. The van der Waals surface area contributed by atoms with E-state index in [0.29, 0.717) is 24.1 Å². The number of amides is 2. The SMILES string of the molecule is CC(=O)NCCNC(=O)c1cccc(-c2cccc(B(O)O)c2)c1. The lowest BCUT2D eigenvalue weighted by atomic mass is 9.79. The molecule has 4 N–H and O–H groups in total. The fourth-order valence-electron chi connectivity index (χ4n) is 2.24. The molecule has 2 amide bonds. The quantitative estimate of drug-likeness (QED) is 0.440. The van der Waals surface area contributed by atoms with Gasteiger partial charge in [-0.05, 0) is 28.7 Å². The highest BCUT2D eigenvalue weighted by Crippen LogP contribution is 2.19. The molecule has 2 rings (SSSR count). The van der Waals surface area contributed by atoms with Crippen molar-refractivity contribution in [1.29, 1.82) is 0 Å². The largest absolute Gasteiger partial charge is 0.488 e. The number of nitrogens with one attached hydrogen (secondary N) is 2. The summed E-state index contributed by atoms with van der Waals surface area (Å²) in [5, 5.41) is 23.9. The fraction of sp³-hybridized carbons (Fsp3) is 0.176. The van der Waals surface area contributed by atoms with E-state index >= 15 is 0 Å². The third-order valence-corrected chi connectivity index (χ3v) is 3.43. The first-order valence-electron chi connectivity index (χ1n) is 7.56. The summed E-state index contributed by atoms with van der Waals surface area (Å²) in [6.45, 7) is 2.13. The van der Waals surface area contributed by atoms with Crippen LogP contribution in [0, 0.1) is 0 Å². The van der Waals surface area contributed by atoms with Crippen LogP contribution in [-0.4, -0.2) is 42.1 Å². The average Bonchev–Trinajstić information content (AvgIpc) is 2.58. The van der Waals surface area contributed by atoms with Crippen LogP contribution in [0.4, 0.5) is 0 Å². The first-order valence-corrected chi connectivity index (χ1v) is 7.56. The summed E-state index contributed by atoms with van der Waals surface area (Å²) in [7, 11) is -1.54. The van der Waals surface area contributed by atoms with Crippen LogP contribution >= 0.6 is 0 Å². The number of carbonyl (C=O) groups is 2. The number of rotatable bonds is 6. The summed E-state index contributed by atoms with van der Waals surface area (Å²) in [6, 6.07) is 13.9. The van der Waals surface area contributed by atoms with Crippen LogP contribution in [0.15, 0.2) is 48.5 Å². The van der Waals surface area contributed by atoms with Gasteiger partial charge in [0, 0.05) is 25.6 Å². The van der Waals surface area contributed by atoms with Crippen molar-refractivity contribution in [1.82, 2.24) is 10.6 Å². The minimum Gasteiger partial charge on any atom is -0.423 e. The molecule has 6 nitrogen and oxygen atoms in total. The van der Waals surface area contributed by atoms with E-state index in [4.69, 9.17) is 0 Å². The van der Waals surface area contributed by atoms with E-state index in [1.165, 1.54) is 6.92 Å². The number of hydrogen-bond donors (Lipinski definition) is 4. The van der Waals surface area contributed by atoms with Crippen LogP contribution in [0.3, 0.4) is 0 Å². The van der Waals surface area contributed by atoms with Gasteiger partial charge in [-0.25, -0.2) is 0 Å². The molecule has 0 fully saturated rings. The molecule has 0 radical (unpaired) electrons. The zero-order chi connectivity index (χ0) is 17.5. The Labute approximate surface area is 140 Å². The van der Waals surface area contributed by atoms with Gasteiger partial charge >= 0.3 is 7.12 Å². The molecule has 2 aromatic carbocycles. The molecular formula is C17H19BN2O4. The van der Waals surface area contributed by atoms with E-state index in [9.17, 15) is 19.6 Å². The Balaban J connectivity index is 2.09. The molecule has 0 spiro atoms. The molecule has 0 unspecified atom stereocenters. The second kappa shape index (κ2) is 8.28. The van der Waals surface area contributed by atoms with Crippen molar-refractivity contribution >= 4 is 24.4 Å². The molecule has 0 aliphatic rings. The number of hydrogen-bond acceptors (Lipinski definition) is 4. The average molecular weight is 326 g/mol. The summed E-state index contributed by atoms with van der Waals surface area (Å²) >= 11 is 0. The Hall–Kier alpha value is -2.64. The maximum atomic E-state index is 12.1. The van der Waals surface area contributed by atoms with Crippen LogP contribution in [0.5, 0.6) is 0 Å². The molecule has 0 heterocycles. The van der Waals surface area contributed by atoms with E-state index in [0.717, 1.165) is 11.1 Å². The monoisotopic (exact) mass is 326 g/mol. The maximum Gasteiger partial charge on any atom is 0.488 e. The minimum absolute atomic E-state index is 0.141. The lowest BCUT2D eigenvalue weighted by Crippen LogP contribution is -2.33. The Kier molecular flexibility index (Phi) is 6.11. The van der Waals surface area contributed by atoms with Gasteiger partial charge in [0.15, 0.2) is 0 Å². The van der Waals surface area contributed by atoms with E-state index < -0.39 is 7.12 Å². The summed E-state index contributed by atoms with van der Waals surface area (Å²) in [5.41, 5.74) is 2.46. The van der Waals surface area contributed by atoms with Crippen molar-refractivity contribution < 1.29 is 19.6 Å². The normalized spacial score (nSPS) is 10.1. The van der Waals surface area contributed by atoms with Crippen molar-refractivity contribution in [3.8, 4) is 11.1 Å². The lowest BCUT2D eigenvalue weighted by molar-refractivity contribution is -0.118. The summed E-state index contributed by atoms with van der Waals surface area (Å²) in [4.78, 5) is 22.9. The van der Waals surface area contributed by atoms with Gasteiger partial charge in [0.2, 0.25) is 5.91 Å². The Morgan fingerprint density at radius 3 is 2.25 bits per heavy atom. The topological polar surface area (TPSA) is 98.7 Å². The van der Waals surface area contributed by atoms with E-state index in [1.807, 2.05) is 12.1 Å². The Morgan fingerprint density at radius 2 is 1.58 bits per heavy atom. The summed E-state index contributed by atoms with van der Waals surface area (Å²) in [6.07, 6.45) is 0. The zero-order valence-electron chi connectivity index (χ0n) is 13.3. The van der Waals surface area contributed by atoms with Crippen LogP contribution in [0.2, 0.25) is 0 Å². The maximum absolute atomic E-state index is 12.1. The minimum atomic E-state index is -1.54. The van der Waals surface area contributed by atoms with Gasteiger partial charge in [-0.15, -0.1) is 0 Å². The second-order valence-electron chi connectivity index (χ2n) is 5.32. The van der Waals surface area contributed by atoms with Crippen LogP contribution in [0.25, 0.3) is 11.1 Å². The highest BCUT2D eigenvalue weighted by Gasteiger charge is 2.12. The standard InChI is InChI=1S/C17H19BN2O4/c1-12(21)19-8-9-20-17(22)15-6-2-4-13(10-15)14-5-3-7-16(11-14)18(23)24/h2-7,10-11,23-24H,8-9H2,1H3,(H,19,21)(H,20,22).